The zero-order chi connectivity index (χ0) is 21.8. The number of rotatable bonds is 8. The number of carbonyl (C=O) groups excluding carboxylic acids is 1. The van der Waals surface area contributed by atoms with E-state index in [-0.39, 0.29) is 11.7 Å². The van der Waals surface area contributed by atoms with E-state index < -0.39 is 5.91 Å². The Bertz CT molecular complexity index is 1060. The number of hydrogen-bond donors (Lipinski definition) is 1. The average Bonchev–Trinajstić information content (AvgIpc) is 3.05. The number of nitrogens with zero attached hydrogens (tertiary/aromatic N) is 2. The van der Waals surface area contributed by atoms with Crippen LogP contribution in [0.3, 0.4) is 0 Å². The highest BCUT2D eigenvalue weighted by Gasteiger charge is 2.17. The summed E-state index contributed by atoms with van der Waals surface area (Å²) in [5, 5.41) is 5.09. The van der Waals surface area contributed by atoms with Crippen molar-refractivity contribution in [1.82, 2.24) is 9.78 Å². The predicted molar refractivity (Wildman–Crippen MR) is 116 cm³/mol. The van der Waals surface area contributed by atoms with Gasteiger partial charge in [0.2, 0.25) is 0 Å². The molecule has 1 saturated heterocycles. The molecule has 164 valence electrons. The summed E-state index contributed by atoms with van der Waals surface area (Å²) >= 11 is 6.13. The predicted octanol–water partition coefficient (Wildman–Crippen LogP) is 3.69. The van der Waals surface area contributed by atoms with Gasteiger partial charge < -0.3 is 24.7 Å². The van der Waals surface area contributed by atoms with E-state index in [2.05, 4.69) is 5.10 Å². The van der Waals surface area contributed by atoms with Crippen molar-refractivity contribution in [3.63, 3.8) is 0 Å². The number of primary amides is 1. The molecule has 9 heteroatoms. The van der Waals surface area contributed by atoms with E-state index >= 15 is 0 Å². The molecule has 0 bridgehead atoms. The topological polar surface area (TPSA) is 97.8 Å². The number of aryl methyl sites for hydroxylation is 1. The summed E-state index contributed by atoms with van der Waals surface area (Å²) in [6, 6.07) is 10.4. The second-order valence-corrected chi connectivity index (χ2v) is 7.61. The Balaban J connectivity index is 1.39. The minimum atomic E-state index is -0.610. The molecule has 4 rings (SSSR count). The molecule has 31 heavy (non-hydrogen) atoms. The van der Waals surface area contributed by atoms with Crippen LogP contribution in [0.4, 0.5) is 0 Å². The quantitative estimate of drug-likeness (QED) is 0.531. The molecular formula is C22H24ClN3O5. The van der Waals surface area contributed by atoms with Crippen LogP contribution < -0.4 is 15.2 Å². The SMILES string of the molecule is Cn1nc(Cl)c2cc(C(N)=O)c(Oc3ccc(OCCOC4CCOCC4)cc3)cc21. The molecule has 1 amide bonds. The Labute approximate surface area is 184 Å². The van der Waals surface area contributed by atoms with Gasteiger partial charge in [-0.1, -0.05) is 11.6 Å². The lowest BCUT2D eigenvalue weighted by Crippen LogP contribution is -2.25. The van der Waals surface area contributed by atoms with Gasteiger partial charge in [-0.15, -0.1) is 0 Å². The van der Waals surface area contributed by atoms with Crippen LogP contribution >= 0.6 is 11.6 Å². The Hall–Kier alpha value is -2.81. The number of benzene rings is 2. The van der Waals surface area contributed by atoms with Crippen molar-refractivity contribution in [2.24, 2.45) is 12.8 Å². The number of hydrogen-bond acceptors (Lipinski definition) is 6. The summed E-state index contributed by atoms with van der Waals surface area (Å²) in [4.78, 5) is 11.9. The zero-order valence-corrected chi connectivity index (χ0v) is 17.9. The number of carbonyl (C=O) groups is 1. The summed E-state index contributed by atoms with van der Waals surface area (Å²) in [5.74, 6) is 0.965. The molecule has 0 spiro atoms. The molecule has 1 fully saturated rings. The first-order chi connectivity index (χ1) is 15.0. The average molecular weight is 446 g/mol. The van der Waals surface area contributed by atoms with E-state index in [0.717, 1.165) is 31.6 Å². The molecule has 1 aliphatic rings. The van der Waals surface area contributed by atoms with Crippen LogP contribution in [-0.4, -0.2) is 48.2 Å². The van der Waals surface area contributed by atoms with E-state index in [1.54, 1.807) is 48.1 Å². The maximum absolute atomic E-state index is 11.9. The van der Waals surface area contributed by atoms with Gasteiger partial charge in [0.05, 0.1) is 23.8 Å². The Morgan fingerprint density at radius 1 is 1.19 bits per heavy atom. The molecule has 0 aliphatic carbocycles. The standard InChI is InChI=1S/C22H24ClN3O5/c1-26-19-13-20(18(22(24)27)12-17(19)21(23)25-26)31-16-4-2-14(3-5-16)29-10-11-30-15-6-8-28-9-7-15/h2-5,12-13,15H,6-11H2,1H3,(H2,24,27). The normalized spacial score (nSPS) is 14.6. The molecule has 0 unspecified atom stereocenters. The lowest BCUT2D eigenvalue weighted by Gasteiger charge is -2.22. The highest BCUT2D eigenvalue weighted by molar-refractivity contribution is 6.34. The molecule has 1 aliphatic heterocycles. The van der Waals surface area contributed by atoms with Crippen molar-refractivity contribution < 1.29 is 23.7 Å². The smallest absolute Gasteiger partial charge is 0.252 e. The van der Waals surface area contributed by atoms with Gasteiger partial charge >= 0.3 is 0 Å². The largest absolute Gasteiger partial charge is 0.491 e. The second kappa shape index (κ2) is 9.55. The fraction of sp³-hybridized carbons (Fsp3) is 0.364. The van der Waals surface area contributed by atoms with Crippen molar-refractivity contribution in [1.29, 1.82) is 0 Å². The number of halogens is 1. The van der Waals surface area contributed by atoms with Crippen LogP contribution in [0.1, 0.15) is 23.2 Å². The fourth-order valence-electron chi connectivity index (χ4n) is 3.47. The molecule has 2 heterocycles. The molecule has 3 aromatic rings. The highest BCUT2D eigenvalue weighted by Crippen LogP contribution is 2.33. The monoisotopic (exact) mass is 445 g/mol. The first-order valence-electron chi connectivity index (χ1n) is 10.1. The maximum atomic E-state index is 11.9. The molecule has 8 nitrogen and oxygen atoms in total. The van der Waals surface area contributed by atoms with E-state index in [4.69, 9.17) is 36.3 Å². The third-order valence-electron chi connectivity index (χ3n) is 5.10. The minimum absolute atomic E-state index is 0.230. The number of fused-ring (bicyclic) bond motifs is 1. The van der Waals surface area contributed by atoms with Crippen molar-refractivity contribution >= 4 is 28.4 Å². The van der Waals surface area contributed by atoms with Gasteiger partial charge in [-0.3, -0.25) is 9.48 Å². The van der Waals surface area contributed by atoms with Gasteiger partial charge in [0.25, 0.3) is 5.91 Å². The summed E-state index contributed by atoms with van der Waals surface area (Å²) in [6.07, 6.45) is 2.10. The van der Waals surface area contributed by atoms with Gasteiger partial charge in [0.1, 0.15) is 23.9 Å². The first kappa shape index (κ1) is 21.4. The van der Waals surface area contributed by atoms with Gasteiger partial charge in [-0.25, -0.2) is 0 Å². The second-order valence-electron chi connectivity index (χ2n) is 7.25. The zero-order valence-electron chi connectivity index (χ0n) is 17.2. The number of aromatic nitrogens is 2. The molecule has 0 saturated carbocycles. The van der Waals surface area contributed by atoms with Crippen LogP contribution in [0.5, 0.6) is 17.2 Å². The van der Waals surface area contributed by atoms with E-state index in [1.165, 1.54) is 0 Å². The van der Waals surface area contributed by atoms with E-state index in [9.17, 15) is 4.79 Å². The van der Waals surface area contributed by atoms with Crippen LogP contribution in [0.15, 0.2) is 36.4 Å². The summed E-state index contributed by atoms with van der Waals surface area (Å²) in [7, 11) is 1.76. The van der Waals surface area contributed by atoms with Crippen LogP contribution in [0.2, 0.25) is 5.15 Å². The van der Waals surface area contributed by atoms with Gasteiger partial charge in [-0.2, -0.15) is 5.10 Å². The van der Waals surface area contributed by atoms with Crippen molar-refractivity contribution in [2.75, 3.05) is 26.4 Å². The van der Waals surface area contributed by atoms with Crippen LogP contribution in [0, 0.1) is 0 Å². The molecule has 1 aromatic heterocycles. The summed E-state index contributed by atoms with van der Waals surface area (Å²) in [6.45, 7) is 2.50. The van der Waals surface area contributed by atoms with Crippen molar-refractivity contribution in [3.8, 4) is 17.2 Å². The fourth-order valence-corrected chi connectivity index (χ4v) is 3.73. The molecular weight excluding hydrogens is 422 g/mol. The summed E-state index contributed by atoms with van der Waals surface area (Å²) < 4.78 is 24.4. The number of amides is 1. The lowest BCUT2D eigenvalue weighted by molar-refractivity contribution is -0.0388. The number of nitrogens with two attached hydrogens (primary N) is 1. The van der Waals surface area contributed by atoms with Crippen LogP contribution in [0.25, 0.3) is 10.9 Å². The van der Waals surface area contributed by atoms with Gasteiger partial charge in [0.15, 0.2) is 5.15 Å². The van der Waals surface area contributed by atoms with Gasteiger partial charge in [0, 0.05) is 31.7 Å². The third-order valence-corrected chi connectivity index (χ3v) is 5.38. The minimum Gasteiger partial charge on any atom is -0.491 e. The van der Waals surface area contributed by atoms with Crippen molar-refractivity contribution in [2.45, 2.75) is 18.9 Å². The first-order valence-corrected chi connectivity index (χ1v) is 10.4. The van der Waals surface area contributed by atoms with Crippen LogP contribution in [-0.2, 0) is 16.5 Å². The Morgan fingerprint density at radius 3 is 2.61 bits per heavy atom. The third kappa shape index (κ3) is 5.10. The Kier molecular flexibility index (Phi) is 6.60. The van der Waals surface area contributed by atoms with Gasteiger partial charge in [-0.05, 0) is 43.2 Å². The molecule has 0 radical (unpaired) electrons. The number of ether oxygens (including phenoxy) is 4. The van der Waals surface area contributed by atoms with E-state index in [0.29, 0.717) is 41.0 Å². The Morgan fingerprint density at radius 2 is 1.90 bits per heavy atom. The molecule has 2 N–H and O–H groups in total. The molecule has 0 atom stereocenters. The lowest BCUT2D eigenvalue weighted by atomic mass is 10.1. The highest BCUT2D eigenvalue weighted by atomic mass is 35.5. The summed E-state index contributed by atoms with van der Waals surface area (Å²) in [5.41, 5.74) is 6.49. The molecule has 2 aromatic carbocycles. The maximum Gasteiger partial charge on any atom is 0.252 e. The van der Waals surface area contributed by atoms with Crippen molar-refractivity contribution in [3.05, 3.63) is 47.1 Å². The van der Waals surface area contributed by atoms with E-state index in [1.807, 2.05) is 0 Å².